The average Bonchev–Trinajstić information content (AvgIpc) is 2.32. The molecule has 106 valence electrons. The van der Waals surface area contributed by atoms with E-state index >= 15 is 0 Å². The summed E-state index contributed by atoms with van der Waals surface area (Å²) >= 11 is 0. The standard InChI is InChI=1S/C13H22N4O2/c1-9-8-11(12(13(14)18)10(2)17-9)16-5-4-15-6-7-19-3/h8,15H,4-7H2,1-3H3,(H2,14,18)(H,16,17). The number of hydrogen-bond acceptors (Lipinski definition) is 5. The Morgan fingerprint density at radius 1 is 1.37 bits per heavy atom. The van der Waals surface area contributed by atoms with Crippen molar-refractivity contribution in [2.75, 3.05) is 38.7 Å². The summed E-state index contributed by atoms with van der Waals surface area (Å²) in [6, 6.07) is 1.84. The number of nitrogens with zero attached hydrogens (tertiary/aromatic N) is 1. The smallest absolute Gasteiger partial charge is 0.252 e. The highest BCUT2D eigenvalue weighted by atomic mass is 16.5. The lowest BCUT2D eigenvalue weighted by Crippen LogP contribution is -2.26. The van der Waals surface area contributed by atoms with Gasteiger partial charge in [-0.05, 0) is 19.9 Å². The van der Waals surface area contributed by atoms with Gasteiger partial charge in [0.25, 0.3) is 5.91 Å². The van der Waals surface area contributed by atoms with Gasteiger partial charge in [0.2, 0.25) is 0 Å². The predicted octanol–water partition coefficient (Wildman–Crippen LogP) is 0.445. The second kappa shape index (κ2) is 7.70. The molecule has 0 aromatic carbocycles. The van der Waals surface area contributed by atoms with Gasteiger partial charge in [-0.25, -0.2) is 0 Å². The van der Waals surface area contributed by atoms with Gasteiger partial charge in [0.1, 0.15) is 0 Å². The largest absolute Gasteiger partial charge is 0.383 e. The van der Waals surface area contributed by atoms with Crippen LogP contribution >= 0.6 is 0 Å². The number of anilines is 1. The highest BCUT2D eigenvalue weighted by Crippen LogP contribution is 2.18. The third-order valence-electron chi connectivity index (χ3n) is 2.68. The molecule has 6 heteroatoms. The SMILES string of the molecule is COCCNCCNc1cc(C)nc(C)c1C(N)=O. The minimum Gasteiger partial charge on any atom is -0.383 e. The summed E-state index contributed by atoms with van der Waals surface area (Å²) in [7, 11) is 1.67. The van der Waals surface area contributed by atoms with Crippen molar-refractivity contribution in [2.24, 2.45) is 5.73 Å². The van der Waals surface area contributed by atoms with Crippen LogP contribution in [0.15, 0.2) is 6.07 Å². The Kier molecular flexibility index (Phi) is 6.24. The molecule has 0 aliphatic heterocycles. The molecule has 0 fully saturated rings. The molecule has 1 heterocycles. The molecule has 6 nitrogen and oxygen atoms in total. The first-order valence-electron chi connectivity index (χ1n) is 6.27. The average molecular weight is 266 g/mol. The molecule has 0 bridgehead atoms. The molecule has 4 N–H and O–H groups in total. The molecule has 0 unspecified atom stereocenters. The maximum absolute atomic E-state index is 11.4. The molecule has 1 rings (SSSR count). The van der Waals surface area contributed by atoms with E-state index < -0.39 is 5.91 Å². The summed E-state index contributed by atoms with van der Waals surface area (Å²) in [5.74, 6) is -0.458. The van der Waals surface area contributed by atoms with Crippen LogP contribution in [-0.4, -0.2) is 44.2 Å². The van der Waals surface area contributed by atoms with Crippen LogP contribution in [0.25, 0.3) is 0 Å². The Bertz CT molecular complexity index is 435. The predicted molar refractivity (Wildman–Crippen MR) is 75.5 cm³/mol. The van der Waals surface area contributed by atoms with E-state index in [-0.39, 0.29) is 0 Å². The normalized spacial score (nSPS) is 10.5. The summed E-state index contributed by atoms with van der Waals surface area (Å²) in [5, 5.41) is 6.42. The number of pyridine rings is 1. The molecule has 0 radical (unpaired) electrons. The van der Waals surface area contributed by atoms with Gasteiger partial charge in [-0.3, -0.25) is 9.78 Å². The van der Waals surface area contributed by atoms with E-state index in [1.165, 1.54) is 0 Å². The number of aromatic nitrogens is 1. The van der Waals surface area contributed by atoms with Gasteiger partial charge >= 0.3 is 0 Å². The number of carbonyl (C=O) groups excluding carboxylic acids is 1. The summed E-state index contributed by atoms with van der Waals surface area (Å²) in [4.78, 5) is 15.7. The van der Waals surface area contributed by atoms with E-state index in [2.05, 4.69) is 15.6 Å². The fourth-order valence-corrected chi connectivity index (χ4v) is 1.86. The van der Waals surface area contributed by atoms with Crippen molar-refractivity contribution in [1.82, 2.24) is 10.3 Å². The zero-order valence-electron chi connectivity index (χ0n) is 11.7. The summed E-state index contributed by atoms with van der Waals surface area (Å²) < 4.78 is 4.94. The molecule has 1 aromatic heterocycles. The van der Waals surface area contributed by atoms with E-state index in [9.17, 15) is 4.79 Å². The molecular formula is C13H22N4O2. The number of nitrogens with one attached hydrogen (secondary N) is 2. The second-order valence-electron chi connectivity index (χ2n) is 4.31. The zero-order chi connectivity index (χ0) is 14.3. The van der Waals surface area contributed by atoms with E-state index in [4.69, 9.17) is 10.5 Å². The van der Waals surface area contributed by atoms with Crippen LogP contribution in [0.3, 0.4) is 0 Å². The lowest BCUT2D eigenvalue weighted by molar-refractivity contribution is 0.1000. The van der Waals surface area contributed by atoms with Crippen molar-refractivity contribution < 1.29 is 9.53 Å². The summed E-state index contributed by atoms with van der Waals surface area (Å²) in [5.41, 5.74) is 8.10. The molecule has 0 spiro atoms. The Balaban J connectivity index is 2.59. The lowest BCUT2D eigenvalue weighted by Gasteiger charge is -2.13. The Labute approximate surface area is 113 Å². The number of primary amides is 1. The third-order valence-corrected chi connectivity index (χ3v) is 2.68. The highest BCUT2D eigenvalue weighted by Gasteiger charge is 2.13. The Hall–Kier alpha value is -1.66. The summed E-state index contributed by atoms with van der Waals surface area (Å²) in [6.45, 7) is 6.64. The van der Waals surface area contributed by atoms with Crippen molar-refractivity contribution in [1.29, 1.82) is 0 Å². The van der Waals surface area contributed by atoms with Gasteiger partial charge in [0.05, 0.1) is 23.6 Å². The summed E-state index contributed by atoms with van der Waals surface area (Å²) in [6.07, 6.45) is 0. The Morgan fingerprint density at radius 3 is 2.74 bits per heavy atom. The molecule has 19 heavy (non-hydrogen) atoms. The second-order valence-corrected chi connectivity index (χ2v) is 4.31. The first kappa shape index (κ1) is 15.4. The van der Waals surface area contributed by atoms with E-state index in [0.717, 1.165) is 24.5 Å². The van der Waals surface area contributed by atoms with Crippen molar-refractivity contribution in [3.63, 3.8) is 0 Å². The van der Waals surface area contributed by atoms with Crippen LogP contribution < -0.4 is 16.4 Å². The van der Waals surface area contributed by atoms with Gasteiger partial charge in [-0.1, -0.05) is 0 Å². The molecule has 0 saturated carbocycles. The fraction of sp³-hybridized carbons (Fsp3) is 0.538. The van der Waals surface area contributed by atoms with Crippen LogP contribution in [0.5, 0.6) is 0 Å². The third kappa shape index (κ3) is 4.84. The van der Waals surface area contributed by atoms with Crippen molar-refractivity contribution in [3.05, 3.63) is 23.0 Å². The number of aryl methyl sites for hydroxylation is 2. The molecule has 0 saturated heterocycles. The number of amides is 1. The maximum Gasteiger partial charge on any atom is 0.252 e. The fourth-order valence-electron chi connectivity index (χ4n) is 1.86. The number of rotatable bonds is 8. The maximum atomic E-state index is 11.4. The molecule has 1 aromatic rings. The highest BCUT2D eigenvalue weighted by molar-refractivity contribution is 5.99. The number of ether oxygens (including phenoxy) is 1. The van der Waals surface area contributed by atoms with Gasteiger partial charge < -0.3 is 21.1 Å². The molecule has 0 atom stereocenters. The molecule has 0 aliphatic rings. The quantitative estimate of drug-likeness (QED) is 0.594. The van der Waals surface area contributed by atoms with Gasteiger partial charge in [0.15, 0.2) is 0 Å². The Morgan fingerprint density at radius 2 is 2.11 bits per heavy atom. The first-order chi connectivity index (χ1) is 9.06. The van der Waals surface area contributed by atoms with Gasteiger partial charge in [-0.15, -0.1) is 0 Å². The monoisotopic (exact) mass is 266 g/mol. The van der Waals surface area contributed by atoms with Crippen LogP contribution in [0.2, 0.25) is 0 Å². The lowest BCUT2D eigenvalue weighted by atomic mass is 10.1. The van der Waals surface area contributed by atoms with Crippen molar-refractivity contribution in [2.45, 2.75) is 13.8 Å². The molecule has 0 aliphatic carbocycles. The van der Waals surface area contributed by atoms with Crippen molar-refractivity contribution >= 4 is 11.6 Å². The van der Waals surface area contributed by atoms with Crippen LogP contribution in [0.1, 0.15) is 21.7 Å². The van der Waals surface area contributed by atoms with Crippen LogP contribution in [0.4, 0.5) is 5.69 Å². The van der Waals surface area contributed by atoms with Gasteiger partial charge in [0, 0.05) is 32.4 Å². The van der Waals surface area contributed by atoms with Crippen molar-refractivity contribution in [3.8, 4) is 0 Å². The van der Waals surface area contributed by atoms with E-state index in [1.807, 2.05) is 13.0 Å². The van der Waals surface area contributed by atoms with E-state index in [0.29, 0.717) is 24.4 Å². The number of methoxy groups -OCH3 is 1. The zero-order valence-corrected chi connectivity index (χ0v) is 11.7. The number of carbonyl (C=O) groups is 1. The van der Waals surface area contributed by atoms with Crippen LogP contribution in [-0.2, 0) is 4.74 Å². The topological polar surface area (TPSA) is 89.3 Å². The van der Waals surface area contributed by atoms with E-state index in [1.54, 1.807) is 14.0 Å². The molecular weight excluding hydrogens is 244 g/mol. The minimum absolute atomic E-state index is 0.458. The number of hydrogen-bond donors (Lipinski definition) is 3. The number of nitrogens with two attached hydrogens (primary N) is 1. The van der Waals surface area contributed by atoms with Gasteiger partial charge in [-0.2, -0.15) is 0 Å². The first-order valence-corrected chi connectivity index (χ1v) is 6.27. The molecule has 1 amide bonds. The minimum atomic E-state index is -0.458. The van der Waals surface area contributed by atoms with Crippen LogP contribution in [0, 0.1) is 13.8 Å².